The van der Waals surface area contributed by atoms with Crippen LogP contribution in [0.3, 0.4) is 0 Å². The van der Waals surface area contributed by atoms with Crippen molar-refractivity contribution in [3.8, 4) is 0 Å². The smallest absolute Gasteiger partial charge is 0.462 e. The molecule has 0 aromatic heterocycles. The molecule has 2 fully saturated rings. The van der Waals surface area contributed by atoms with Crippen LogP contribution in [0.1, 0.15) is 117 Å². The molecule has 1 aliphatic heterocycles. The standard InChI is InChI=1S/C53H79O14P/c1-3-5-7-8-9-10-11-12-13-14-15-16-17-18-23-26-29-32-36-40-47(55)65-43(42-64-68(61,62)67-53-51(59)49(57)48(56)50(58)52(53)60)41-63-46(54)39-35-31-28-25-22-20-19-21-24-27-30-34-38-45-44(66-45)37-33-6-4-2/h5-7,9-10,12-13,15-16,18,20-24,28-34,43-45,48-53,56-60H,3-4,8,11,14,17,19,25-27,35-42H2,1-2H3,(H,61,62)/b7-5-,10-9-,13-12-,16-15-,22-20-,23-18-,24-21-,31-28-,32-29-,33-6-,34-30-/t43-,44?,45?,48?,49-,50+,51-,52-,53?/m1/s1. The van der Waals surface area contributed by atoms with Crippen LogP contribution in [0.15, 0.2) is 134 Å². The largest absolute Gasteiger partial charge is 0.472 e. The van der Waals surface area contributed by atoms with Gasteiger partial charge in [-0.15, -0.1) is 0 Å². The Morgan fingerprint density at radius 2 is 0.853 bits per heavy atom. The van der Waals surface area contributed by atoms with Crippen molar-refractivity contribution in [3.05, 3.63) is 134 Å². The molecule has 1 heterocycles. The normalized spacial score (nSPS) is 25.2. The Kier molecular flexibility index (Phi) is 33.4. The van der Waals surface area contributed by atoms with Crippen molar-refractivity contribution in [1.29, 1.82) is 0 Å². The minimum absolute atomic E-state index is 0.0136. The number of phosphoric acid groups is 1. The lowest BCUT2D eigenvalue weighted by Crippen LogP contribution is -2.64. The summed E-state index contributed by atoms with van der Waals surface area (Å²) in [5.41, 5.74) is 0. The van der Waals surface area contributed by atoms with Gasteiger partial charge in [0.2, 0.25) is 0 Å². The van der Waals surface area contributed by atoms with Crippen molar-refractivity contribution < 1.29 is 67.8 Å². The molecule has 15 heteroatoms. The number of ether oxygens (including phenoxy) is 3. The van der Waals surface area contributed by atoms with Crippen molar-refractivity contribution in [3.63, 3.8) is 0 Å². The number of phosphoric ester groups is 1. The van der Waals surface area contributed by atoms with E-state index in [4.69, 9.17) is 23.3 Å². The quantitative estimate of drug-likeness (QED) is 0.0149. The van der Waals surface area contributed by atoms with Gasteiger partial charge in [0.1, 0.15) is 43.2 Å². The van der Waals surface area contributed by atoms with Gasteiger partial charge in [0.25, 0.3) is 0 Å². The Bertz CT molecular complexity index is 1760. The lowest BCUT2D eigenvalue weighted by atomic mass is 9.85. The Balaban J connectivity index is 1.76. The summed E-state index contributed by atoms with van der Waals surface area (Å²) >= 11 is 0. The Morgan fingerprint density at radius 1 is 0.500 bits per heavy atom. The van der Waals surface area contributed by atoms with E-state index in [1.807, 2.05) is 42.5 Å². The lowest BCUT2D eigenvalue weighted by molar-refractivity contribution is -0.220. The van der Waals surface area contributed by atoms with Crippen LogP contribution < -0.4 is 0 Å². The van der Waals surface area contributed by atoms with E-state index >= 15 is 0 Å². The second-order valence-corrected chi connectivity index (χ2v) is 17.6. The van der Waals surface area contributed by atoms with E-state index in [9.17, 15) is 44.6 Å². The molecule has 0 spiro atoms. The second-order valence-electron chi connectivity index (χ2n) is 16.2. The molecular formula is C53H79O14P. The summed E-state index contributed by atoms with van der Waals surface area (Å²) in [4.78, 5) is 35.7. The number of hydrogen-bond donors (Lipinski definition) is 6. The van der Waals surface area contributed by atoms with E-state index in [1.54, 1.807) is 0 Å². The highest BCUT2D eigenvalue weighted by atomic mass is 31.2. The number of carbonyl (C=O) groups is 2. The third-order valence-electron chi connectivity index (χ3n) is 10.4. The van der Waals surface area contributed by atoms with E-state index in [1.165, 1.54) is 0 Å². The minimum atomic E-state index is -5.17. The highest BCUT2D eigenvalue weighted by molar-refractivity contribution is 7.47. The van der Waals surface area contributed by atoms with E-state index in [-0.39, 0.29) is 12.8 Å². The molecule has 14 nitrogen and oxygen atoms in total. The van der Waals surface area contributed by atoms with Crippen LogP contribution in [0.4, 0.5) is 0 Å². The summed E-state index contributed by atoms with van der Waals surface area (Å²) < 4.78 is 39.1. The molecule has 1 saturated carbocycles. The van der Waals surface area contributed by atoms with Gasteiger partial charge in [-0.2, -0.15) is 0 Å². The van der Waals surface area contributed by atoms with Gasteiger partial charge in [0, 0.05) is 12.8 Å². The number of epoxide rings is 1. The van der Waals surface area contributed by atoms with E-state index in [0.717, 1.165) is 64.2 Å². The molecule has 0 amide bonds. The Labute approximate surface area is 404 Å². The molecule has 68 heavy (non-hydrogen) atoms. The number of allylic oxidation sites excluding steroid dienone is 20. The highest BCUT2D eigenvalue weighted by Gasteiger charge is 2.51. The molecule has 1 saturated heterocycles. The van der Waals surface area contributed by atoms with Gasteiger partial charge in [-0.25, -0.2) is 4.57 Å². The van der Waals surface area contributed by atoms with E-state index in [2.05, 4.69) is 105 Å². The third kappa shape index (κ3) is 29.1. The van der Waals surface area contributed by atoms with Gasteiger partial charge in [-0.3, -0.25) is 18.6 Å². The van der Waals surface area contributed by atoms with Crippen LogP contribution >= 0.6 is 7.82 Å². The zero-order valence-electron chi connectivity index (χ0n) is 40.0. The van der Waals surface area contributed by atoms with Gasteiger partial charge in [-0.1, -0.05) is 148 Å². The number of esters is 2. The lowest BCUT2D eigenvalue weighted by Gasteiger charge is -2.41. The molecule has 10 atom stereocenters. The van der Waals surface area contributed by atoms with Gasteiger partial charge in [-0.05, 0) is 89.9 Å². The predicted octanol–water partition coefficient (Wildman–Crippen LogP) is 8.93. The molecule has 2 rings (SSSR count). The average Bonchev–Trinajstić information content (AvgIpc) is 4.08. The van der Waals surface area contributed by atoms with Crippen LogP contribution in [-0.2, 0) is 37.4 Å². The van der Waals surface area contributed by atoms with Crippen molar-refractivity contribution in [2.45, 2.75) is 172 Å². The molecular weight excluding hydrogens is 892 g/mol. The number of aliphatic hydroxyl groups is 5. The number of carbonyl (C=O) groups excluding carboxylic acids is 2. The summed E-state index contributed by atoms with van der Waals surface area (Å²) in [6.07, 6.45) is 44.2. The van der Waals surface area contributed by atoms with Gasteiger partial charge in [0.05, 0.1) is 18.8 Å². The Hall–Kier alpha value is -4.05. The third-order valence-corrected chi connectivity index (χ3v) is 11.4. The Morgan fingerprint density at radius 3 is 1.29 bits per heavy atom. The van der Waals surface area contributed by atoms with Crippen LogP contribution in [0.25, 0.3) is 0 Å². The molecule has 0 bridgehead atoms. The van der Waals surface area contributed by atoms with Crippen molar-refractivity contribution in [2.75, 3.05) is 13.2 Å². The summed E-state index contributed by atoms with van der Waals surface area (Å²) in [6, 6.07) is 0. The zero-order chi connectivity index (χ0) is 49.7. The molecule has 1 aliphatic carbocycles. The SMILES string of the molecule is CC/C=C\C/C=C\C/C=C\C/C=C\C/C=C\C/C=C\CCC(=O)O[C@H](COC(=O)CC/C=C\C/C=C\C/C=C\C/C=C\CC1OC1C/C=C\CC)COP(=O)(O)OC1[C@H](O)[C@H](O)C(O)[C@H](O)[C@H]1O. The van der Waals surface area contributed by atoms with Crippen LogP contribution in [0.2, 0.25) is 0 Å². The number of hydrogen-bond acceptors (Lipinski definition) is 13. The topological polar surface area (TPSA) is 222 Å². The first-order chi connectivity index (χ1) is 32.9. The van der Waals surface area contributed by atoms with E-state index in [0.29, 0.717) is 37.9 Å². The highest BCUT2D eigenvalue weighted by Crippen LogP contribution is 2.47. The molecule has 0 radical (unpaired) electrons. The van der Waals surface area contributed by atoms with Gasteiger partial charge >= 0.3 is 19.8 Å². The van der Waals surface area contributed by atoms with Crippen molar-refractivity contribution >= 4 is 19.8 Å². The molecule has 6 N–H and O–H groups in total. The van der Waals surface area contributed by atoms with Crippen LogP contribution in [0.5, 0.6) is 0 Å². The maximum atomic E-state index is 12.8. The minimum Gasteiger partial charge on any atom is -0.462 e. The van der Waals surface area contributed by atoms with Crippen LogP contribution in [0, 0.1) is 0 Å². The zero-order valence-corrected chi connectivity index (χ0v) is 40.9. The molecule has 5 unspecified atom stereocenters. The fourth-order valence-corrected chi connectivity index (χ4v) is 7.47. The molecule has 2 aliphatic rings. The molecule has 380 valence electrons. The maximum absolute atomic E-state index is 12.8. The van der Waals surface area contributed by atoms with Gasteiger partial charge < -0.3 is 44.6 Å². The summed E-state index contributed by atoms with van der Waals surface area (Å²) in [5, 5.41) is 50.2. The van der Waals surface area contributed by atoms with Crippen LogP contribution in [-0.4, -0.2) is 111 Å². The molecule has 0 aromatic carbocycles. The fourth-order valence-electron chi connectivity index (χ4n) is 6.50. The molecule has 0 aromatic rings. The average molecular weight is 971 g/mol. The summed E-state index contributed by atoms with van der Waals surface area (Å²) in [5.74, 6) is -1.32. The summed E-state index contributed by atoms with van der Waals surface area (Å²) in [6.45, 7) is 2.92. The predicted molar refractivity (Wildman–Crippen MR) is 266 cm³/mol. The van der Waals surface area contributed by atoms with Crippen molar-refractivity contribution in [2.24, 2.45) is 0 Å². The number of aliphatic hydroxyl groups excluding tert-OH is 5. The first-order valence-corrected chi connectivity index (χ1v) is 25.6. The maximum Gasteiger partial charge on any atom is 0.472 e. The monoisotopic (exact) mass is 971 g/mol. The first kappa shape index (κ1) is 60.1. The van der Waals surface area contributed by atoms with E-state index < -0.39 is 75.7 Å². The summed E-state index contributed by atoms with van der Waals surface area (Å²) in [7, 11) is -5.17. The second kappa shape index (κ2) is 37.8. The fraction of sp³-hybridized carbons (Fsp3) is 0.547. The first-order valence-electron chi connectivity index (χ1n) is 24.1. The number of rotatable bonds is 36. The van der Waals surface area contributed by atoms with Crippen molar-refractivity contribution in [1.82, 2.24) is 0 Å². The van der Waals surface area contributed by atoms with Gasteiger partial charge in [0.15, 0.2) is 6.10 Å².